The van der Waals surface area contributed by atoms with Crippen LogP contribution in [-0.2, 0) is 14.3 Å². The maximum Gasteiger partial charge on any atom is 0.338 e. The van der Waals surface area contributed by atoms with Crippen molar-refractivity contribution in [2.45, 2.75) is 6.92 Å². The van der Waals surface area contributed by atoms with Gasteiger partial charge in [0.2, 0.25) is 0 Å². The number of anilines is 2. The summed E-state index contributed by atoms with van der Waals surface area (Å²) >= 11 is 6.18. The summed E-state index contributed by atoms with van der Waals surface area (Å²) < 4.78 is 15.4. The lowest BCUT2D eigenvalue weighted by Gasteiger charge is -2.16. The third-order valence-corrected chi connectivity index (χ3v) is 4.66. The number of carbonyl (C=O) groups is 3. The van der Waals surface area contributed by atoms with Crippen molar-refractivity contribution in [3.05, 3.63) is 58.8 Å². The molecule has 30 heavy (non-hydrogen) atoms. The van der Waals surface area contributed by atoms with E-state index in [4.69, 9.17) is 25.8 Å². The highest BCUT2D eigenvalue weighted by Gasteiger charge is 2.39. The van der Waals surface area contributed by atoms with E-state index in [1.165, 1.54) is 32.4 Å². The zero-order chi connectivity index (χ0) is 21.8. The normalized spacial score (nSPS) is 13.5. The van der Waals surface area contributed by atoms with E-state index in [2.05, 4.69) is 5.32 Å². The maximum atomic E-state index is 13.0. The van der Waals surface area contributed by atoms with Gasteiger partial charge in [-0.2, -0.15) is 0 Å². The van der Waals surface area contributed by atoms with Gasteiger partial charge in [-0.25, -0.2) is 9.69 Å². The Bertz CT molecular complexity index is 1050. The molecule has 2 aromatic rings. The molecule has 0 spiro atoms. The van der Waals surface area contributed by atoms with Crippen molar-refractivity contribution in [3.63, 3.8) is 0 Å². The molecule has 1 aliphatic rings. The van der Waals surface area contributed by atoms with Gasteiger partial charge in [0.15, 0.2) is 0 Å². The molecule has 0 bridgehead atoms. The number of hydrogen-bond donors (Lipinski definition) is 1. The lowest BCUT2D eigenvalue weighted by Crippen LogP contribution is -2.32. The second-order valence-electron chi connectivity index (χ2n) is 6.10. The Morgan fingerprint density at radius 3 is 2.50 bits per heavy atom. The van der Waals surface area contributed by atoms with Crippen molar-refractivity contribution >= 4 is 40.8 Å². The Morgan fingerprint density at radius 1 is 1.07 bits per heavy atom. The molecule has 1 N–H and O–H groups in total. The van der Waals surface area contributed by atoms with Crippen LogP contribution in [0.5, 0.6) is 11.5 Å². The number of imide groups is 1. The van der Waals surface area contributed by atoms with E-state index >= 15 is 0 Å². The van der Waals surface area contributed by atoms with E-state index in [-0.39, 0.29) is 28.6 Å². The Labute approximate surface area is 178 Å². The number of nitrogens with zero attached hydrogens (tertiary/aromatic N) is 1. The molecule has 0 saturated heterocycles. The largest absolute Gasteiger partial charge is 0.497 e. The minimum Gasteiger partial charge on any atom is -0.497 e. The zero-order valence-corrected chi connectivity index (χ0v) is 17.3. The monoisotopic (exact) mass is 430 g/mol. The number of rotatable bonds is 7. The van der Waals surface area contributed by atoms with Crippen LogP contribution >= 0.6 is 11.6 Å². The standard InChI is InChI=1S/C21H19ClN2O6/c1-4-30-21(27)12-6-5-7-13(10-12)24-19(25)17(22)18(20(24)26)23-15-11-14(28-2)8-9-16(15)29-3/h5-11,23H,4H2,1-3H3. The summed E-state index contributed by atoms with van der Waals surface area (Å²) in [6.07, 6.45) is 0. The van der Waals surface area contributed by atoms with Crippen molar-refractivity contribution in [3.8, 4) is 11.5 Å². The first kappa shape index (κ1) is 21.2. The van der Waals surface area contributed by atoms with Gasteiger partial charge in [0.05, 0.1) is 37.8 Å². The number of halogens is 1. The number of benzene rings is 2. The Balaban J connectivity index is 1.93. The molecular formula is C21H19ClN2O6. The molecule has 8 nitrogen and oxygen atoms in total. The van der Waals surface area contributed by atoms with Crippen molar-refractivity contribution < 1.29 is 28.6 Å². The number of amides is 2. The summed E-state index contributed by atoms with van der Waals surface area (Å²) in [6, 6.07) is 10.9. The third-order valence-electron chi connectivity index (χ3n) is 4.31. The van der Waals surface area contributed by atoms with Crippen molar-refractivity contribution in [2.75, 3.05) is 31.0 Å². The lowest BCUT2D eigenvalue weighted by molar-refractivity contribution is -0.120. The molecule has 0 aromatic heterocycles. The molecule has 0 fully saturated rings. The molecule has 0 radical (unpaired) electrons. The fourth-order valence-corrected chi connectivity index (χ4v) is 3.09. The molecular weight excluding hydrogens is 412 g/mol. The Morgan fingerprint density at radius 2 is 1.83 bits per heavy atom. The number of ether oxygens (including phenoxy) is 3. The summed E-state index contributed by atoms with van der Waals surface area (Å²) in [4.78, 5) is 38.6. The molecule has 0 aliphatic carbocycles. The van der Waals surface area contributed by atoms with Gasteiger partial charge >= 0.3 is 5.97 Å². The topological polar surface area (TPSA) is 94.2 Å². The van der Waals surface area contributed by atoms with Crippen LogP contribution in [0.4, 0.5) is 11.4 Å². The first-order chi connectivity index (χ1) is 14.4. The molecule has 2 amide bonds. The fraction of sp³-hybridized carbons (Fsp3) is 0.190. The fourth-order valence-electron chi connectivity index (χ4n) is 2.88. The van der Waals surface area contributed by atoms with Gasteiger partial charge in [0, 0.05) is 6.07 Å². The summed E-state index contributed by atoms with van der Waals surface area (Å²) in [6.45, 7) is 1.89. The Hall–Kier alpha value is -3.52. The second kappa shape index (κ2) is 8.87. The lowest BCUT2D eigenvalue weighted by atomic mass is 10.2. The van der Waals surface area contributed by atoms with E-state index < -0.39 is 17.8 Å². The average Bonchev–Trinajstić information content (AvgIpc) is 2.97. The van der Waals surface area contributed by atoms with Crippen LogP contribution in [0.2, 0.25) is 0 Å². The average molecular weight is 431 g/mol. The summed E-state index contributed by atoms with van der Waals surface area (Å²) in [5, 5.41) is 2.58. The van der Waals surface area contributed by atoms with Crippen LogP contribution in [0.15, 0.2) is 53.2 Å². The van der Waals surface area contributed by atoms with Crippen LogP contribution in [-0.4, -0.2) is 38.6 Å². The van der Waals surface area contributed by atoms with Gasteiger partial charge in [-0.1, -0.05) is 17.7 Å². The van der Waals surface area contributed by atoms with Crippen LogP contribution in [0.3, 0.4) is 0 Å². The number of methoxy groups -OCH3 is 2. The molecule has 156 valence electrons. The second-order valence-corrected chi connectivity index (χ2v) is 6.47. The molecule has 0 saturated carbocycles. The zero-order valence-electron chi connectivity index (χ0n) is 16.5. The predicted molar refractivity (Wildman–Crippen MR) is 111 cm³/mol. The SMILES string of the molecule is CCOC(=O)c1cccc(N2C(=O)C(Cl)=C(Nc3cc(OC)ccc3OC)C2=O)c1. The smallest absolute Gasteiger partial charge is 0.338 e. The molecule has 9 heteroatoms. The molecule has 0 unspecified atom stereocenters. The Kier molecular flexibility index (Phi) is 6.27. The van der Waals surface area contributed by atoms with Crippen molar-refractivity contribution in [2.24, 2.45) is 0 Å². The quantitative estimate of drug-likeness (QED) is 0.532. The van der Waals surface area contributed by atoms with Gasteiger partial charge in [0.1, 0.15) is 22.2 Å². The van der Waals surface area contributed by atoms with E-state index in [9.17, 15) is 14.4 Å². The summed E-state index contributed by atoms with van der Waals surface area (Å²) in [5.74, 6) is -0.999. The highest BCUT2D eigenvalue weighted by molar-refractivity contribution is 6.53. The maximum absolute atomic E-state index is 13.0. The summed E-state index contributed by atoms with van der Waals surface area (Å²) in [7, 11) is 2.97. The van der Waals surface area contributed by atoms with Crippen molar-refractivity contribution in [1.29, 1.82) is 0 Å². The van der Waals surface area contributed by atoms with Gasteiger partial charge in [-0.05, 0) is 37.3 Å². The highest BCUT2D eigenvalue weighted by Crippen LogP contribution is 2.35. The highest BCUT2D eigenvalue weighted by atomic mass is 35.5. The summed E-state index contributed by atoms with van der Waals surface area (Å²) in [5.41, 5.74) is 0.688. The first-order valence-electron chi connectivity index (χ1n) is 8.96. The van der Waals surface area contributed by atoms with E-state index in [0.717, 1.165) is 4.90 Å². The van der Waals surface area contributed by atoms with Crippen LogP contribution in [0.1, 0.15) is 17.3 Å². The molecule has 3 rings (SSSR count). The number of esters is 1. The van der Waals surface area contributed by atoms with Crippen LogP contribution in [0, 0.1) is 0 Å². The van der Waals surface area contributed by atoms with Gasteiger partial charge < -0.3 is 19.5 Å². The van der Waals surface area contributed by atoms with E-state index in [1.807, 2.05) is 0 Å². The van der Waals surface area contributed by atoms with E-state index in [1.54, 1.807) is 31.2 Å². The van der Waals surface area contributed by atoms with Crippen LogP contribution < -0.4 is 19.7 Å². The number of hydrogen-bond acceptors (Lipinski definition) is 7. The third kappa shape index (κ3) is 3.95. The molecule has 2 aromatic carbocycles. The van der Waals surface area contributed by atoms with Crippen LogP contribution in [0.25, 0.3) is 0 Å². The minimum atomic E-state index is -0.716. The molecule has 1 aliphatic heterocycles. The van der Waals surface area contributed by atoms with E-state index in [0.29, 0.717) is 17.2 Å². The van der Waals surface area contributed by atoms with Gasteiger partial charge in [-0.3, -0.25) is 9.59 Å². The van der Waals surface area contributed by atoms with Gasteiger partial charge in [0.25, 0.3) is 11.8 Å². The van der Waals surface area contributed by atoms with Crippen molar-refractivity contribution in [1.82, 2.24) is 0 Å². The predicted octanol–water partition coefficient (Wildman–Crippen LogP) is 3.32. The first-order valence-corrected chi connectivity index (χ1v) is 9.33. The number of carbonyl (C=O) groups excluding carboxylic acids is 3. The molecule has 0 atom stereocenters. The van der Waals surface area contributed by atoms with Gasteiger partial charge in [-0.15, -0.1) is 0 Å². The number of nitrogens with one attached hydrogen (secondary N) is 1. The minimum absolute atomic E-state index is 0.116. The molecule has 1 heterocycles.